The van der Waals surface area contributed by atoms with Crippen molar-refractivity contribution in [2.75, 3.05) is 13.1 Å². The minimum atomic E-state index is 0.913. The standard InChI is InChI=1S/C16H19N3S/c1-2-6-17-7-8-19-16-10-13(15-5-9-20-12-15)3-4-14(16)11-18-19/h3-5,9-12,17H,2,6-8H2,1H3. The van der Waals surface area contributed by atoms with Crippen LogP contribution in [0.4, 0.5) is 0 Å². The second kappa shape index (κ2) is 6.20. The zero-order valence-corrected chi connectivity index (χ0v) is 12.5. The molecule has 2 aromatic heterocycles. The molecular formula is C16H19N3S. The first-order valence-electron chi connectivity index (χ1n) is 7.07. The van der Waals surface area contributed by atoms with E-state index in [1.54, 1.807) is 11.3 Å². The van der Waals surface area contributed by atoms with Gasteiger partial charge in [-0.3, -0.25) is 4.68 Å². The van der Waals surface area contributed by atoms with Crippen LogP contribution in [0.25, 0.3) is 22.0 Å². The summed E-state index contributed by atoms with van der Waals surface area (Å²) in [6, 6.07) is 8.73. The molecule has 104 valence electrons. The Kier molecular flexibility index (Phi) is 4.14. The van der Waals surface area contributed by atoms with Crippen LogP contribution in [0.15, 0.2) is 41.2 Å². The molecule has 0 aliphatic carbocycles. The molecule has 2 heterocycles. The van der Waals surface area contributed by atoms with Crippen molar-refractivity contribution in [3.63, 3.8) is 0 Å². The Morgan fingerprint density at radius 1 is 1.20 bits per heavy atom. The fraction of sp³-hybridized carbons (Fsp3) is 0.312. The van der Waals surface area contributed by atoms with Crippen molar-refractivity contribution in [2.45, 2.75) is 19.9 Å². The van der Waals surface area contributed by atoms with Crippen LogP contribution >= 0.6 is 11.3 Å². The van der Waals surface area contributed by atoms with Gasteiger partial charge in [-0.1, -0.05) is 19.1 Å². The van der Waals surface area contributed by atoms with E-state index in [4.69, 9.17) is 0 Å². The second-order valence-corrected chi connectivity index (χ2v) is 5.68. The molecule has 0 radical (unpaired) electrons. The van der Waals surface area contributed by atoms with Gasteiger partial charge in [0.1, 0.15) is 0 Å². The number of rotatable bonds is 6. The van der Waals surface area contributed by atoms with Gasteiger partial charge in [-0.05, 0) is 47.0 Å². The largest absolute Gasteiger partial charge is 0.315 e. The van der Waals surface area contributed by atoms with E-state index in [2.05, 4.69) is 57.0 Å². The zero-order chi connectivity index (χ0) is 13.8. The number of hydrogen-bond acceptors (Lipinski definition) is 3. The number of hydrogen-bond donors (Lipinski definition) is 1. The fourth-order valence-electron chi connectivity index (χ4n) is 2.34. The van der Waals surface area contributed by atoms with Gasteiger partial charge in [0.15, 0.2) is 0 Å². The van der Waals surface area contributed by atoms with Crippen LogP contribution in [-0.2, 0) is 6.54 Å². The molecule has 0 saturated heterocycles. The maximum atomic E-state index is 4.49. The van der Waals surface area contributed by atoms with Crippen molar-refractivity contribution in [1.82, 2.24) is 15.1 Å². The third-order valence-corrected chi connectivity index (χ3v) is 4.11. The molecule has 0 unspecified atom stereocenters. The summed E-state index contributed by atoms with van der Waals surface area (Å²) < 4.78 is 2.09. The Balaban J connectivity index is 1.84. The third kappa shape index (κ3) is 2.76. The highest BCUT2D eigenvalue weighted by molar-refractivity contribution is 7.08. The van der Waals surface area contributed by atoms with Gasteiger partial charge in [-0.15, -0.1) is 0 Å². The van der Waals surface area contributed by atoms with Crippen molar-refractivity contribution in [3.8, 4) is 11.1 Å². The normalized spacial score (nSPS) is 11.2. The van der Waals surface area contributed by atoms with E-state index in [0.717, 1.165) is 19.6 Å². The minimum absolute atomic E-state index is 0.913. The maximum Gasteiger partial charge on any atom is 0.0689 e. The Hall–Kier alpha value is -1.65. The highest BCUT2D eigenvalue weighted by atomic mass is 32.1. The first kappa shape index (κ1) is 13.3. The molecule has 1 N–H and O–H groups in total. The minimum Gasteiger partial charge on any atom is -0.315 e. The van der Waals surface area contributed by atoms with E-state index in [1.807, 2.05) is 6.20 Å². The summed E-state index contributed by atoms with van der Waals surface area (Å²) in [4.78, 5) is 0. The lowest BCUT2D eigenvalue weighted by atomic mass is 10.1. The topological polar surface area (TPSA) is 29.9 Å². The van der Waals surface area contributed by atoms with Gasteiger partial charge >= 0.3 is 0 Å². The monoisotopic (exact) mass is 285 g/mol. The number of fused-ring (bicyclic) bond motifs is 1. The number of nitrogens with zero attached hydrogens (tertiary/aromatic N) is 2. The third-order valence-electron chi connectivity index (χ3n) is 3.43. The summed E-state index contributed by atoms with van der Waals surface area (Å²) in [6.07, 6.45) is 3.12. The molecule has 0 atom stereocenters. The van der Waals surface area contributed by atoms with E-state index < -0.39 is 0 Å². The molecule has 3 aromatic rings. The van der Waals surface area contributed by atoms with Crippen LogP contribution in [0.3, 0.4) is 0 Å². The lowest BCUT2D eigenvalue weighted by molar-refractivity contribution is 0.565. The fourth-order valence-corrected chi connectivity index (χ4v) is 3.01. The zero-order valence-electron chi connectivity index (χ0n) is 11.7. The molecule has 0 amide bonds. The molecule has 0 aliphatic rings. The average molecular weight is 285 g/mol. The van der Waals surface area contributed by atoms with E-state index in [0.29, 0.717) is 0 Å². The van der Waals surface area contributed by atoms with Crippen molar-refractivity contribution < 1.29 is 0 Å². The smallest absolute Gasteiger partial charge is 0.0689 e. The Morgan fingerprint density at radius 3 is 2.95 bits per heavy atom. The molecule has 4 heteroatoms. The summed E-state index contributed by atoms with van der Waals surface area (Å²) in [7, 11) is 0. The van der Waals surface area contributed by atoms with Gasteiger partial charge in [0.2, 0.25) is 0 Å². The molecule has 0 spiro atoms. The molecule has 0 aliphatic heterocycles. The second-order valence-electron chi connectivity index (χ2n) is 4.90. The van der Waals surface area contributed by atoms with Gasteiger partial charge in [0, 0.05) is 11.9 Å². The molecular weight excluding hydrogens is 266 g/mol. The van der Waals surface area contributed by atoms with Gasteiger partial charge in [-0.25, -0.2) is 0 Å². The molecule has 3 rings (SSSR count). The van der Waals surface area contributed by atoms with Crippen LogP contribution < -0.4 is 5.32 Å². The van der Waals surface area contributed by atoms with Gasteiger partial charge in [0.25, 0.3) is 0 Å². The molecule has 1 aromatic carbocycles. The highest BCUT2D eigenvalue weighted by Gasteiger charge is 2.05. The predicted molar refractivity (Wildman–Crippen MR) is 86.2 cm³/mol. The van der Waals surface area contributed by atoms with E-state index in [1.165, 1.54) is 28.5 Å². The molecule has 0 fully saturated rings. The molecule has 20 heavy (non-hydrogen) atoms. The van der Waals surface area contributed by atoms with Crippen LogP contribution in [0.5, 0.6) is 0 Å². The van der Waals surface area contributed by atoms with E-state index >= 15 is 0 Å². The molecule has 0 saturated carbocycles. The Labute approximate surface area is 123 Å². The van der Waals surface area contributed by atoms with Crippen molar-refractivity contribution >= 4 is 22.2 Å². The Morgan fingerprint density at radius 2 is 2.15 bits per heavy atom. The number of aromatic nitrogens is 2. The van der Waals surface area contributed by atoms with Crippen molar-refractivity contribution in [2.24, 2.45) is 0 Å². The highest BCUT2D eigenvalue weighted by Crippen LogP contribution is 2.26. The predicted octanol–water partition coefficient (Wildman–Crippen LogP) is 3.76. The van der Waals surface area contributed by atoms with E-state index in [-0.39, 0.29) is 0 Å². The van der Waals surface area contributed by atoms with Crippen molar-refractivity contribution in [1.29, 1.82) is 0 Å². The van der Waals surface area contributed by atoms with Crippen LogP contribution in [0.1, 0.15) is 13.3 Å². The van der Waals surface area contributed by atoms with E-state index in [9.17, 15) is 0 Å². The van der Waals surface area contributed by atoms with Crippen LogP contribution in [0.2, 0.25) is 0 Å². The first-order valence-corrected chi connectivity index (χ1v) is 8.01. The molecule has 3 nitrogen and oxygen atoms in total. The maximum absolute atomic E-state index is 4.49. The molecule has 0 bridgehead atoms. The van der Waals surface area contributed by atoms with Gasteiger partial charge < -0.3 is 5.32 Å². The Bertz CT molecular complexity index is 670. The number of benzene rings is 1. The number of thiophene rings is 1. The lowest BCUT2D eigenvalue weighted by Crippen LogP contribution is -2.20. The quantitative estimate of drug-likeness (QED) is 0.699. The van der Waals surface area contributed by atoms with Crippen LogP contribution in [0, 0.1) is 0 Å². The summed E-state index contributed by atoms with van der Waals surface area (Å²) in [5.41, 5.74) is 3.77. The lowest BCUT2D eigenvalue weighted by Gasteiger charge is -2.06. The van der Waals surface area contributed by atoms with Gasteiger partial charge in [0.05, 0.1) is 18.3 Å². The summed E-state index contributed by atoms with van der Waals surface area (Å²) >= 11 is 1.73. The van der Waals surface area contributed by atoms with Crippen molar-refractivity contribution in [3.05, 3.63) is 41.2 Å². The van der Waals surface area contributed by atoms with Gasteiger partial charge in [-0.2, -0.15) is 16.4 Å². The summed E-state index contributed by atoms with van der Waals surface area (Å²) in [5.74, 6) is 0. The van der Waals surface area contributed by atoms with Crippen LogP contribution in [-0.4, -0.2) is 22.9 Å². The summed E-state index contributed by atoms with van der Waals surface area (Å²) in [5, 5.41) is 13.4. The average Bonchev–Trinajstić information content (AvgIpc) is 3.13. The first-order chi connectivity index (χ1) is 9.88. The SMILES string of the molecule is CCCNCCn1ncc2ccc(-c3ccsc3)cc21. The number of nitrogens with one attached hydrogen (secondary N) is 1. The summed E-state index contributed by atoms with van der Waals surface area (Å²) in [6.45, 7) is 5.13.